The Hall–Kier alpha value is -1.81. The van der Waals surface area contributed by atoms with Gasteiger partial charge in [0, 0.05) is 12.6 Å². The number of aliphatic hydroxyl groups excluding tert-OH is 1. The predicted octanol–water partition coefficient (Wildman–Crippen LogP) is -1.05. The summed E-state index contributed by atoms with van der Waals surface area (Å²) < 4.78 is 11.9. The summed E-state index contributed by atoms with van der Waals surface area (Å²) in [4.78, 5) is 42.8. The van der Waals surface area contributed by atoms with E-state index in [4.69, 9.17) is 10.8 Å². The molecule has 1 rings (SSSR count). The molecule has 8 N–H and O–H groups in total. The lowest BCUT2D eigenvalue weighted by Gasteiger charge is -2.38. The van der Waals surface area contributed by atoms with Gasteiger partial charge in [-0.3, -0.25) is 19.5 Å². The predicted molar refractivity (Wildman–Crippen MR) is 93.0 cm³/mol. The molecule has 11 heteroatoms. The Kier molecular flexibility index (Phi) is 7.88. The maximum atomic E-state index is 12.4. The van der Waals surface area contributed by atoms with E-state index >= 15 is 0 Å². The first-order valence-electron chi connectivity index (χ1n) is 7.76. The Bertz CT molecular complexity index is 664. The number of hydrogen-bond donors (Lipinski definition) is 7. The highest BCUT2D eigenvalue weighted by molar-refractivity contribution is 7.53. The van der Waals surface area contributed by atoms with Crippen molar-refractivity contribution < 1.29 is 34.2 Å². The third-order valence-electron chi connectivity index (χ3n) is 3.93. The molecule has 0 aliphatic heterocycles. The summed E-state index contributed by atoms with van der Waals surface area (Å²) in [6.07, 6.45) is -1.07. The van der Waals surface area contributed by atoms with E-state index in [2.05, 4.69) is 10.6 Å². The summed E-state index contributed by atoms with van der Waals surface area (Å²) in [6, 6.07) is 6.37. The van der Waals surface area contributed by atoms with Crippen LogP contribution in [0.5, 0.6) is 0 Å². The zero-order valence-electron chi connectivity index (χ0n) is 14.2. The first-order valence-corrected chi connectivity index (χ1v) is 9.38. The van der Waals surface area contributed by atoms with Crippen molar-refractivity contribution in [3.63, 3.8) is 0 Å². The Balaban J connectivity index is 2.98. The van der Waals surface area contributed by atoms with Gasteiger partial charge in [0.05, 0.1) is 13.0 Å². The van der Waals surface area contributed by atoms with Crippen molar-refractivity contribution in [1.29, 1.82) is 0 Å². The van der Waals surface area contributed by atoms with Crippen LogP contribution in [0.1, 0.15) is 18.9 Å². The highest BCUT2D eigenvalue weighted by Gasteiger charge is 2.53. The molecular formula is C15H24N3O7P. The number of carboxylic acid groups (broad SMARTS) is 1. The largest absolute Gasteiger partial charge is 0.481 e. The van der Waals surface area contributed by atoms with E-state index in [0.717, 1.165) is 5.56 Å². The topological polar surface area (TPSA) is 182 Å². The highest BCUT2D eigenvalue weighted by atomic mass is 31.2. The fraction of sp³-hybridized carbons (Fsp3) is 0.467. The summed E-state index contributed by atoms with van der Waals surface area (Å²) in [7, 11) is -5.15. The lowest BCUT2D eigenvalue weighted by atomic mass is 10.1. The maximum Gasteiger partial charge on any atom is 0.352 e. The minimum Gasteiger partial charge on any atom is -0.481 e. The van der Waals surface area contributed by atoms with Gasteiger partial charge >= 0.3 is 13.6 Å². The summed E-state index contributed by atoms with van der Waals surface area (Å²) >= 11 is 0. The Labute approximate surface area is 150 Å². The van der Waals surface area contributed by atoms with Crippen molar-refractivity contribution in [2.45, 2.75) is 37.3 Å². The number of aliphatic carboxylic acids is 1. The number of rotatable bonds is 10. The van der Waals surface area contributed by atoms with Crippen LogP contribution in [0.4, 0.5) is 0 Å². The maximum absolute atomic E-state index is 12.4. The SMILES string of the molecule is CC(N)C(CC(=O)O)(NC(=O)[C@H](CO)NCc1ccccc1)P(=O)(O)O. The van der Waals surface area contributed by atoms with Crippen LogP contribution in [-0.4, -0.2) is 55.8 Å². The molecule has 0 saturated heterocycles. The molecule has 146 valence electrons. The lowest BCUT2D eigenvalue weighted by Crippen LogP contribution is -2.62. The number of amides is 1. The molecule has 1 aromatic rings. The van der Waals surface area contributed by atoms with Crippen LogP contribution in [0, 0.1) is 0 Å². The zero-order chi connectivity index (χ0) is 20.0. The number of hydrogen-bond acceptors (Lipinski definition) is 6. The van der Waals surface area contributed by atoms with Gasteiger partial charge in [-0.2, -0.15) is 0 Å². The van der Waals surface area contributed by atoms with Crippen LogP contribution >= 0.6 is 7.60 Å². The summed E-state index contributed by atoms with van der Waals surface area (Å²) in [5.74, 6) is -2.51. The van der Waals surface area contributed by atoms with Crippen LogP contribution < -0.4 is 16.4 Å². The van der Waals surface area contributed by atoms with Crippen LogP contribution in [0.2, 0.25) is 0 Å². The molecule has 0 bridgehead atoms. The molecule has 0 spiro atoms. The standard InChI is InChI=1S/C15H24N3O7P/c1-10(16)15(7-13(20)21,26(23,24)25)18-14(22)12(9-19)17-8-11-5-3-2-4-6-11/h2-6,10,12,17,19H,7-9,16H2,1H3,(H,18,22)(H,20,21)(H2,23,24,25)/t10?,12-,15?/m0/s1. The molecule has 10 nitrogen and oxygen atoms in total. The first-order chi connectivity index (χ1) is 12.0. The van der Waals surface area contributed by atoms with Crippen LogP contribution in [0.25, 0.3) is 0 Å². The zero-order valence-corrected chi connectivity index (χ0v) is 15.1. The molecule has 1 aromatic carbocycles. The first kappa shape index (κ1) is 22.2. The third kappa shape index (κ3) is 5.60. The van der Waals surface area contributed by atoms with E-state index in [1.54, 1.807) is 24.3 Å². The van der Waals surface area contributed by atoms with E-state index < -0.39 is 49.9 Å². The molecule has 0 heterocycles. The third-order valence-corrected chi connectivity index (χ3v) is 5.64. The Morgan fingerprint density at radius 3 is 2.27 bits per heavy atom. The van der Waals surface area contributed by atoms with Crippen LogP contribution in [-0.2, 0) is 20.7 Å². The van der Waals surface area contributed by atoms with Crippen LogP contribution in [0.3, 0.4) is 0 Å². The Morgan fingerprint density at radius 2 is 1.85 bits per heavy atom. The van der Waals surface area contributed by atoms with Gasteiger partial charge in [0.1, 0.15) is 6.04 Å². The molecule has 2 unspecified atom stereocenters. The summed E-state index contributed by atoms with van der Waals surface area (Å²) in [6.45, 7) is 0.731. The number of carbonyl (C=O) groups excluding carboxylic acids is 1. The van der Waals surface area contributed by atoms with Crippen molar-refractivity contribution in [3.05, 3.63) is 35.9 Å². The second-order valence-electron chi connectivity index (χ2n) is 5.92. The van der Waals surface area contributed by atoms with Gasteiger partial charge in [0.15, 0.2) is 5.28 Å². The van der Waals surface area contributed by atoms with E-state index in [1.165, 1.54) is 6.92 Å². The normalized spacial score (nSPS) is 16.3. The number of benzene rings is 1. The molecule has 1 amide bonds. The van der Waals surface area contributed by atoms with Crippen LogP contribution in [0.15, 0.2) is 30.3 Å². The van der Waals surface area contributed by atoms with Gasteiger partial charge in [-0.05, 0) is 12.5 Å². The van der Waals surface area contributed by atoms with Crippen molar-refractivity contribution >= 4 is 19.5 Å². The smallest absolute Gasteiger partial charge is 0.352 e. The molecule has 0 aromatic heterocycles. The van der Waals surface area contributed by atoms with Gasteiger partial charge in [-0.1, -0.05) is 30.3 Å². The molecular weight excluding hydrogens is 365 g/mol. The molecule has 0 aliphatic carbocycles. The van der Waals surface area contributed by atoms with Gasteiger partial charge in [0.2, 0.25) is 5.91 Å². The highest BCUT2D eigenvalue weighted by Crippen LogP contribution is 2.52. The number of carbonyl (C=O) groups is 2. The minimum absolute atomic E-state index is 0.208. The number of aliphatic hydroxyl groups is 1. The van der Waals surface area contributed by atoms with E-state index in [-0.39, 0.29) is 6.54 Å². The Morgan fingerprint density at radius 1 is 1.27 bits per heavy atom. The average molecular weight is 389 g/mol. The molecule has 0 aliphatic rings. The monoisotopic (exact) mass is 389 g/mol. The van der Waals surface area contributed by atoms with Gasteiger partial charge in [-0.25, -0.2) is 0 Å². The van der Waals surface area contributed by atoms with E-state index in [1.807, 2.05) is 6.07 Å². The number of nitrogens with one attached hydrogen (secondary N) is 2. The number of carboxylic acids is 1. The molecule has 0 fully saturated rings. The van der Waals surface area contributed by atoms with Gasteiger partial charge in [-0.15, -0.1) is 0 Å². The number of nitrogens with two attached hydrogens (primary N) is 1. The van der Waals surface area contributed by atoms with Crippen molar-refractivity contribution in [2.75, 3.05) is 6.61 Å². The molecule has 0 radical (unpaired) electrons. The molecule has 3 atom stereocenters. The minimum atomic E-state index is -5.15. The summed E-state index contributed by atoms with van der Waals surface area (Å²) in [5.41, 5.74) is 6.43. The van der Waals surface area contributed by atoms with Gasteiger partial charge in [0.25, 0.3) is 0 Å². The molecule has 26 heavy (non-hydrogen) atoms. The van der Waals surface area contributed by atoms with Crippen molar-refractivity contribution in [1.82, 2.24) is 10.6 Å². The van der Waals surface area contributed by atoms with Gasteiger partial charge < -0.3 is 31.1 Å². The average Bonchev–Trinajstić information content (AvgIpc) is 2.54. The van der Waals surface area contributed by atoms with Crippen molar-refractivity contribution in [3.8, 4) is 0 Å². The second-order valence-corrected chi connectivity index (χ2v) is 7.80. The molecule has 0 saturated carbocycles. The summed E-state index contributed by atoms with van der Waals surface area (Å²) in [5, 5.41) is 20.8. The van der Waals surface area contributed by atoms with E-state index in [0.29, 0.717) is 0 Å². The second kappa shape index (κ2) is 9.22. The fourth-order valence-corrected chi connectivity index (χ4v) is 3.50. The van der Waals surface area contributed by atoms with Crippen molar-refractivity contribution in [2.24, 2.45) is 5.73 Å². The lowest BCUT2D eigenvalue weighted by molar-refractivity contribution is -0.138. The van der Waals surface area contributed by atoms with E-state index in [9.17, 15) is 29.0 Å². The fourth-order valence-electron chi connectivity index (χ4n) is 2.37. The quantitative estimate of drug-likeness (QED) is 0.245.